The van der Waals surface area contributed by atoms with Gasteiger partial charge in [0.15, 0.2) is 11.8 Å². The first-order chi connectivity index (χ1) is 20.4. The Bertz CT molecular complexity index is 1600. The number of nitrogens with zero attached hydrogens (tertiary/aromatic N) is 1. The van der Waals surface area contributed by atoms with Crippen LogP contribution in [-0.2, 0) is 29.8 Å². The normalized spacial score (nSPS) is 23.7. The number of esters is 1. The van der Waals surface area contributed by atoms with Gasteiger partial charge in [-0.15, -0.1) is 6.42 Å². The van der Waals surface area contributed by atoms with Gasteiger partial charge in [-0.05, 0) is 38.0 Å². The summed E-state index contributed by atoms with van der Waals surface area (Å²) in [6, 6.07) is 16.8. The van der Waals surface area contributed by atoms with Gasteiger partial charge in [-0.1, -0.05) is 54.5 Å². The Kier molecular flexibility index (Phi) is 10.0. The van der Waals surface area contributed by atoms with Crippen molar-refractivity contribution in [2.24, 2.45) is 0 Å². The number of benzene rings is 2. The summed E-state index contributed by atoms with van der Waals surface area (Å²) >= 11 is 0. The molecule has 2 unspecified atom stereocenters. The van der Waals surface area contributed by atoms with E-state index in [1.165, 1.54) is 12.1 Å². The zero-order valence-electron chi connectivity index (χ0n) is 23.4. The van der Waals surface area contributed by atoms with Gasteiger partial charge in [0.2, 0.25) is 0 Å². The van der Waals surface area contributed by atoms with Gasteiger partial charge in [0.25, 0.3) is 5.56 Å². The zero-order chi connectivity index (χ0) is 31.2. The lowest BCUT2D eigenvalue weighted by atomic mass is 9.95. The van der Waals surface area contributed by atoms with Crippen molar-refractivity contribution in [1.82, 2.24) is 14.6 Å². The van der Waals surface area contributed by atoms with Crippen molar-refractivity contribution in [3.05, 3.63) is 99.3 Å². The molecule has 14 heteroatoms. The van der Waals surface area contributed by atoms with Crippen LogP contribution in [0.3, 0.4) is 0 Å². The van der Waals surface area contributed by atoms with Crippen molar-refractivity contribution in [2.45, 2.75) is 56.5 Å². The van der Waals surface area contributed by atoms with E-state index >= 15 is 0 Å². The maximum Gasteiger partial charge on any atom is 0.459 e. The number of hydrogen-bond acceptors (Lipinski definition) is 10. The molecule has 1 aliphatic heterocycles. The topological polar surface area (TPSA) is 178 Å². The minimum Gasteiger partial charge on any atom is -0.462 e. The highest BCUT2D eigenvalue weighted by atomic mass is 31.2. The first kappa shape index (κ1) is 31.9. The molecule has 4 N–H and O–H groups in total. The van der Waals surface area contributed by atoms with Crippen LogP contribution < -0.4 is 20.9 Å². The zero-order valence-corrected chi connectivity index (χ0v) is 24.3. The highest BCUT2D eigenvalue weighted by Gasteiger charge is 2.56. The molecule has 0 aliphatic carbocycles. The Balaban J connectivity index is 1.62. The van der Waals surface area contributed by atoms with E-state index in [0.717, 1.165) is 22.4 Å². The number of H-pyrrole nitrogens is 1. The fourth-order valence-electron chi connectivity index (χ4n) is 4.37. The fourth-order valence-corrected chi connectivity index (χ4v) is 5.87. The summed E-state index contributed by atoms with van der Waals surface area (Å²) in [5.41, 5.74) is -3.36. The SMILES string of the molecule is C#C[C@]1(O)C(n2ccc(=O)[nH]c2=O)O[C@H](COP(=O)(N[C@@H](Cc2ccccc2)C(=O)OC(C)C)Oc2ccccc2)[C@H]1O. The molecular weight excluding hydrogens is 581 g/mol. The fraction of sp³-hybridized carbons (Fsp3) is 0.345. The van der Waals surface area contributed by atoms with Gasteiger partial charge in [-0.2, -0.15) is 5.09 Å². The predicted octanol–water partition coefficient (Wildman–Crippen LogP) is 1.52. The second-order valence-electron chi connectivity index (χ2n) is 10.0. The molecule has 43 heavy (non-hydrogen) atoms. The maximum absolute atomic E-state index is 14.2. The number of nitrogens with one attached hydrogen (secondary N) is 2. The highest BCUT2D eigenvalue weighted by molar-refractivity contribution is 7.52. The number of aliphatic hydroxyl groups excluding tert-OH is 1. The molecular formula is C29H32N3O10P. The van der Waals surface area contributed by atoms with E-state index < -0.39 is 67.8 Å². The molecule has 6 atom stereocenters. The van der Waals surface area contributed by atoms with Crippen molar-refractivity contribution < 1.29 is 38.1 Å². The molecule has 0 saturated carbocycles. The summed E-state index contributed by atoms with van der Waals surface area (Å²) in [5, 5.41) is 24.7. The van der Waals surface area contributed by atoms with Crippen molar-refractivity contribution in [3.8, 4) is 18.1 Å². The van der Waals surface area contributed by atoms with Crippen molar-refractivity contribution in [3.63, 3.8) is 0 Å². The second kappa shape index (κ2) is 13.5. The van der Waals surface area contributed by atoms with E-state index in [4.69, 9.17) is 24.9 Å². The van der Waals surface area contributed by atoms with Gasteiger partial charge in [-0.25, -0.2) is 9.36 Å². The number of aliphatic hydroxyl groups is 2. The van der Waals surface area contributed by atoms with Gasteiger partial charge >= 0.3 is 19.4 Å². The number of rotatable bonds is 12. The molecule has 228 valence electrons. The number of aromatic nitrogens is 2. The van der Waals surface area contributed by atoms with Gasteiger partial charge in [-0.3, -0.25) is 23.7 Å². The second-order valence-corrected chi connectivity index (χ2v) is 11.7. The Morgan fingerprint density at radius 3 is 2.42 bits per heavy atom. The molecule has 0 amide bonds. The van der Waals surface area contributed by atoms with E-state index in [2.05, 4.69) is 5.09 Å². The molecule has 0 spiro atoms. The molecule has 0 bridgehead atoms. The first-order valence-electron chi connectivity index (χ1n) is 13.3. The predicted molar refractivity (Wildman–Crippen MR) is 154 cm³/mol. The molecule has 2 aromatic carbocycles. The standard InChI is InChI=1S/C29H32N3O10P/c1-4-29(37)25(34)23(41-27(29)32-16-15-24(33)30-28(32)36)18-39-43(38,42-21-13-9-6-10-14-21)31-22(26(35)40-19(2)3)17-20-11-7-5-8-12-20/h1,5-16,19,22-23,25,27,34,37H,17-18H2,2-3H3,(H,31,38)(H,30,33,36)/t22-,23+,25+,27?,29+,43?/m0/s1. The van der Waals surface area contributed by atoms with Crippen LogP contribution >= 0.6 is 7.75 Å². The van der Waals surface area contributed by atoms with E-state index in [0.29, 0.717) is 0 Å². The van der Waals surface area contributed by atoms with Crippen molar-refractivity contribution in [2.75, 3.05) is 6.61 Å². The quantitative estimate of drug-likeness (QED) is 0.132. The Morgan fingerprint density at radius 2 is 1.81 bits per heavy atom. The third-order valence-corrected chi connectivity index (χ3v) is 8.00. The van der Waals surface area contributed by atoms with E-state index in [-0.39, 0.29) is 12.2 Å². The molecule has 0 radical (unpaired) electrons. The summed E-state index contributed by atoms with van der Waals surface area (Å²) in [4.78, 5) is 39.0. The van der Waals surface area contributed by atoms with Crippen LogP contribution in [0.15, 0.2) is 82.5 Å². The number of carbonyl (C=O) groups excluding carboxylic acids is 1. The lowest BCUT2D eigenvalue weighted by Crippen LogP contribution is -2.48. The molecule has 3 aromatic rings. The van der Waals surface area contributed by atoms with Gasteiger partial charge in [0.1, 0.15) is 24.0 Å². The van der Waals surface area contributed by atoms with Crippen LogP contribution in [0.2, 0.25) is 0 Å². The lowest BCUT2D eigenvalue weighted by molar-refractivity contribution is -0.149. The maximum atomic E-state index is 14.2. The van der Waals surface area contributed by atoms with Crippen LogP contribution in [0.25, 0.3) is 0 Å². The molecule has 1 aromatic heterocycles. The number of hydrogen-bond donors (Lipinski definition) is 4. The Morgan fingerprint density at radius 1 is 1.16 bits per heavy atom. The molecule has 1 saturated heterocycles. The van der Waals surface area contributed by atoms with Crippen molar-refractivity contribution in [1.29, 1.82) is 0 Å². The summed E-state index contributed by atoms with van der Waals surface area (Å²) in [6.07, 6.45) is 1.24. The largest absolute Gasteiger partial charge is 0.462 e. The van der Waals surface area contributed by atoms with Crippen LogP contribution in [-0.4, -0.2) is 62.3 Å². The van der Waals surface area contributed by atoms with Gasteiger partial charge < -0.3 is 24.2 Å². The van der Waals surface area contributed by atoms with Crippen molar-refractivity contribution >= 4 is 13.7 Å². The highest BCUT2D eigenvalue weighted by Crippen LogP contribution is 2.47. The van der Waals surface area contributed by atoms with Crippen LogP contribution in [0.4, 0.5) is 0 Å². The Hall–Kier alpha value is -4.02. The average Bonchev–Trinajstić information content (AvgIpc) is 3.22. The van der Waals surface area contributed by atoms with Gasteiger partial charge in [0.05, 0.1) is 12.7 Å². The minimum absolute atomic E-state index is 0.0640. The smallest absolute Gasteiger partial charge is 0.459 e. The molecule has 2 heterocycles. The lowest BCUT2D eigenvalue weighted by Gasteiger charge is -2.27. The molecule has 1 aliphatic rings. The third kappa shape index (κ3) is 7.69. The van der Waals surface area contributed by atoms with Gasteiger partial charge in [0, 0.05) is 12.3 Å². The Labute approximate surface area is 247 Å². The number of aromatic amines is 1. The van der Waals surface area contributed by atoms with E-state index in [1.54, 1.807) is 56.3 Å². The molecule has 1 fully saturated rings. The summed E-state index contributed by atoms with van der Waals surface area (Å²) in [5.74, 6) is 1.46. The monoisotopic (exact) mass is 613 g/mol. The number of para-hydroxylation sites is 1. The number of terminal acetylenes is 1. The third-order valence-electron chi connectivity index (χ3n) is 6.43. The summed E-state index contributed by atoms with van der Waals surface area (Å²) in [7, 11) is -4.46. The average molecular weight is 614 g/mol. The molecule has 13 nitrogen and oxygen atoms in total. The van der Waals surface area contributed by atoms with E-state index in [1.807, 2.05) is 17.0 Å². The van der Waals surface area contributed by atoms with Crippen LogP contribution in [0.5, 0.6) is 5.75 Å². The minimum atomic E-state index is -4.46. The van der Waals surface area contributed by atoms with Crippen LogP contribution in [0, 0.1) is 12.3 Å². The summed E-state index contributed by atoms with van der Waals surface area (Å²) < 4.78 is 37.5. The number of carbonyl (C=O) groups is 1. The van der Waals surface area contributed by atoms with Crippen LogP contribution in [0.1, 0.15) is 25.6 Å². The summed E-state index contributed by atoms with van der Waals surface area (Å²) in [6.45, 7) is 2.67. The van der Waals surface area contributed by atoms with E-state index in [9.17, 15) is 29.2 Å². The first-order valence-corrected chi connectivity index (χ1v) is 14.8. The number of ether oxygens (including phenoxy) is 2. The molecule has 4 rings (SSSR count).